The van der Waals surface area contributed by atoms with E-state index in [9.17, 15) is 4.79 Å². The molecule has 1 saturated carbocycles. The SMILES string of the molecule is CC1CC1C(=O)Nn1cnc2ccccc21. The highest BCUT2D eigenvalue weighted by Gasteiger charge is 2.39. The lowest BCUT2D eigenvalue weighted by atomic mass is 10.3. The number of imidazole rings is 1. The van der Waals surface area contributed by atoms with E-state index in [1.165, 1.54) is 0 Å². The normalized spacial score (nSPS) is 23.3. The first kappa shape index (κ1) is 9.39. The topological polar surface area (TPSA) is 46.9 Å². The van der Waals surface area contributed by atoms with E-state index in [1.54, 1.807) is 11.0 Å². The Morgan fingerprint density at radius 2 is 2.25 bits per heavy atom. The van der Waals surface area contributed by atoms with Gasteiger partial charge in [-0.2, -0.15) is 0 Å². The van der Waals surface area contributed by atoms with Crippen molar-refractivity contribution in [2.24, 2.45) is 11.8 Å². The van der Waals surface area contributed by atoms with E-state index in [1.807, 2.05) is 24.3 Å². The van der Waals surface area contributed by atoms with Crippen molar-refractivity contribution in [2.45, 2.75) is 13.3 Å². The summed E-state index contributed by atoms with van der Waals surface area (Å²) >= 11 is 0. The van der Waals surface area contributed by atoms with Gasteiger partial charge in [-0.15, -0.1) is 0 Å². The smallest absolute Gasteiger partial charge is 0.242 e. The molecule has 1 aromatic heterocycles. The number of benzene rings is 1. The van der Waals surface area contributed by atoms with E-state index in [-0.39, 0.29) is 11.8 Å². The van der Waals surface area contributed by atoms with Gasteiger partial charge in [0, 0.05) is 5.92 Å². The van der Waals surface area contributed by atoms with Gasteiger partial charge in [-0.05, 0) is 24.5 Å². The van der Waals surface area contributed by atoms with E-state index >= 15 is 0 Å². The number of carbonyl (C=O) groups excluding carboxylic acids is 1. The Morgan fingerprint density at radius 1 is 1.50 bits per heavy atom. The fourth-order valence-corrected chi connectivity index (χ4v) is 1.94. The molecule has 0 spiro atoms. The molecule has 0 saturated heterocycles. The Morgan fingerprint density at radius 3 is 3.00 bits per heavy atom. The molecule has 1 aromatic carbocycles. The highest BCUT2D eigenvalue weighted by Crippen LogP contribution is 2.37. The first-order chi connectivity index (χ1) is 7.75. The van der Waals surface area contributed by atoms with E-state index < -0.39 is 0 Å². The molecule has 0 radical (unpaired) electrons. The van der Waals surface area contributed by atoms with E-state index in [0.29, 0.717) is 5.92 Å². The molecular weight excluding hydrogens is 202 g/mol. The Kier molecular flexibility index (Phi) is 1.96. The summed E-state index contributed by atoms with van der Waals surface area (Å²) in [5.41, 5.74) is 4.70. The number of nitrogens with one attached hydrogen (secondary N) is 1. The highest BCUT2D eigenvalue weighted by molar-refractivity contribution is 5.90. The van der Waals surface area contributed by atoms with Crippen molar-refractivity contribution >= 4 is 16.9 Å². The van der Waals surface area contributed by atoms with Crippen molar-refractivity contribution in [2.75, 3.05) is 5.43 Å². The molecule has 1 N–H and O–H groups in total. The van der Waals surface area contributed by atoms with Crippen LogP contribution >= 0.6 is 0 Å². The number of hydrogen-bond acceptors (Lipinski definition) is 2. The average molecular weight is 215 g/mol. The van der Waals surface area contributed by atoms with Crippen molar-refractivity contribution in [3.8, 4) is 0 Å². The zero-order chi connectivity index (χ0) is 11.1. The monoisotopic (exact) mass is 215 g/mol. The van der Waals surface area contributed by atoms with Crippen LogP contribution in [-0.4, -0.2) is 15.6 Å². The summed E-state index contributed by atoms with van der Waals surface area (Å²) in [6.07, 6.45) is 2.65. The van der Waals surface area contributed by atoms with Gasteiger partial charge in [0.1, 0.15) is 6.33 Å². The maximum atomic E-state index is 11.8. The Balaban J connectivity index is 1.86. The summed E-state index contributed by atoms with van der Waals surface area (Å²) in [7, 11) is 0. The molecule has 1 amide bonds. The Bertz CT molecular complexity index is 546. The molecule has 2 unspecified atom stereocenters. The van der Waals surface area contributed by atoms with Gasteiger partial charge in [0.2, 0.25) is 5.91 Å². The molecule has 1 heterocycles. The zero-order valence-corrected chi connectivity index (χ0v) is 9.05. The maximum Gasteiger partial charge on any atom is 0.242 e. The van der Waals surface area contributed by atoms with Crippen molar-refractivity contribution in [3.63, 3.8) is 0 Å². The predicted molar refractivity (Wildman–Crippen MR) is 61.4 cm³/mol. The van der Waals surface area contributed by atoms with Gasteiger partial charge in [-0.25, -0.2) is 9.66 Å². The first-order valence-electron chi connectivity index (χ1n) is 5.48. The molecule has 16 heavy (non-hydrogen) atoms. The highest BCUT2D eigenvalue weighted by atomic mass is 16.2. The largest absolute Gasteiger partial charge is 0.273 e. The minimum Gasteiger partial charge on any atom is -0.273 e. The third-order valence-corrected chi connectivity index (χ3v) is 3.13. The molecule has 1 aliphatic carbocycles. The van der Waals surface area contributed by atoms with E-state index in [0.717, 1.165) is 17.5 Å². The van der Waals surface area contributed by atoms with Crippen LogP contribution in [0.5, 0.6) is 0 Å². The van der Waals surface area contributed by atoms with Crippen molar-refractivity contribution in [1.82, 2.24) is 9.66 Å². The van der Waals surface area contributed by atoms with Gasteiger partial charge in [-0.3, -0.25) is 10.2 Å². The van der Waals surface area contributed by atoms with Crippen molar-refractivity contribution in [1.29, 1.82) is 0 Å². The minimum atomic E-state index is 0.0932. The molecule has 82 valence electrons. The maximum absolute atomic E-state index is 11.8. The lowest BCUT2D eigenvalue weighted by Gasteiger charge is -2.05. The van der Waals surface area contributed by atoms with Gasteiger partial charge in [-0.1, -0.05) is 19.1 Å². The standard InChI is InChI=1S/C12H13N3O/c1-8-6-9(8)12(16)14-15-7-13-10-4-2-3-5-11(10)15/h2-5,7-9H,6H2,1H3,(H,14,16). The molecule has 0 bridgehead atoms. The fraction of sp³-hybridized carbons (Fsp3) is 0.333. The average Bonchev–Trinajstić information content (AvgIpc) is 2.89. The molecule has 0 aliphatic heterocycles. The van der Waals surface area contributed by atoms with Gasteiger partial charge in [0.05, 0.1) is 11.0 Å². The number of amides is 1. The van der Waals surface area contributed by atoms with Crippen LogP contribution in [0.4, 0.5) is 0 Å². The fourth-order valence-electron chi connectivity index (χ4n) is 1.94. The van der Waals surface area contributed by atoms with Crippen molar-refractivity contribution in [3.05, 3.63) is 30.6 Å². The Labute approximate surface area is 93.3 Å². The summed E-state index contributed by atoms with van der Waals surface area (Å²) in [4.78, 5) is 16.0. The molecular formula is C12H13N3O. The summed E-state index contributed by atoms with van der Waals surface area (Å²) in [6, 6.07) is 7.74. The molecule has 4 nitrogen and oxygen atoms in total. The van der Waals surface area contributed by atoms with Gasteiger partial charge < -0.3 is 0 Å². The van der Waals surface area contributed by atoms with Gasteiger partial charge >= 0.3 is 0 Å². The van der Waals surface area contributed by atoms with Crippen LogP contribution in [-0.2, 0) is 4.79 Å². The minimum absolute atomic E-state index is 0.0932. The second kappa shape index (κ2) is 3.33. The van der Waals surface area contributed by atoms with E-state index in [2.05, 4.69) is 17.3 Å². The molecule has 2 atom stereocenters. The van der Waals surface area contributed by atoms with Crippen LogP contribution in [0, 0.1) is 11.8 Å². The third kappa shape index (κ3) is 1.46. The predicted octanol–water partition coefficient (Wildman–Crippen LogP) is 1.76. The van der Waals surface area contributed by atoms with Crippen LogP contribution < -0.4 is 5.43 Å². The zero-order valence-electron chi connectivity index (χ0n) is 9.05. The van der Waals surface area contributed by atoms with Gasteiger partial charge in [0.25, 0.3) is 0 Å². The molecule has 3 rings (SSSR count). The molecule has 1 fully saturated rings. The van der Waals surface area contributed by atoms with Crippen LogP contribution in [0.15, 0.2) is 30.6 Å². The summed E-state index contributed by atoms with van der Waals surface area (Å²) in [5.74, 6) is 0.798. The summed E-state index contributed by atoms with van der Waals surface area (Å²) < 4.78 is 1.70. The number of aromatic nitrogens is 2. The van der Waals surface area contributed by atoms with Crippen LogP contribution in [0.25, 0.3) is 11.0 Å². The third-order valence-electron chi connectivity index (χ3n) is 3.13. The second-order valence-electron chi connectivity index (χ2n) is 4.40. The Hall–Kier alpha value is -1.84. The quantitative estimate of drug-likeness (QED) is 0.829. The number of hydrogen-bond donors (Lipinski definition) is 1. The molecule has 4 heteroatoms. The summed E-state index contributed by atoms with van der Waals surface area (Å²) in [5, 5.41) is 0. The number of nitrogens with zero attached hydrogens (tertiary/aromatic N) is 2. The number of carbonyl (C=O) groups is 1. The second-order valence-corrected chi connectivity index (χ2v) is 4.40. The molecule has 1 aliphatic rings. The lowest BCUT2D eigenvalue weighted by molar-refractivity contribution is -0.118. The number of rotatable bonds is 2. The van der Waals surface area contributed by atoms with Crippen LogP contribution in [0.3, 0.4) is 0 Å². The van der Waals surface area contributed by atoms with Crippen LogP contribution in [0.1, 0.15) is 13.3 Å². The van der Waals surface area contributed by atoms with Crippen LogP contribution in [0.2, 0.25) is 0 Å². The number of fused-ring (bicyclic) bond motifs is 1. The van der Waals surface area contributed by atoms with Crippen molar-refractivity contribution < 1.29 is 4.79 Å². The number of para-hydroxylation sites is 2. The van der Waals surface area contributed by atoms with E-state index in [4.69, 9.17) is 0 Å². The van der Waals surface area contributed by atoms with Gasteiger partial charge in [0.15, 0.2) is 0 Å². The first-order valence-corrected chi connectivity index (χ1v) is 5.48. The lowest BCUT2D eigenvalue weighted by Crippen LogP contribution is -2.23. The molecule has 2 aromatic rings. The summed E-state index contributed by atoms with van der Waals surface area (Å²) in [6.45, 7) is 2.09.